The molecule has 0 amide bonds. The van der Waals surface area contributed by atoms with Crippen LogP contribution in [-0.4, -0.2) is 29.9 Å². The van der Waals surface area contributed by atoms with E-state index in [1.165, 1.54) is 0 Å². The number of esters is 2. The van der Waals surface area contributed by atoms with E-state index >= 15 is 0 Å². The van der Waals surface area contributed by atoms with Crippen LogP contribution in [0.15, 0.2) is 18.2 Å². The maximum absolute atomic E-state index is 13.1. The summed E-state index contributed by atoms with van der Waals surface area (Å²) in [5.41, 5.74) is 1.97. The standard InChI is InChI=1S/C20H24O5/c1-5-24-18(22)15-16(20(3,4)25-19(15)23)14-9-7-12-10-11(2)6-8-13(12)17(14)21/h6,8,10,14-16H,5,7,9H2,1-4H3/t14-,15+,16+/m0/s1. The molecule has 0 spiro atoms. The Balaban J connectivity index is 1.98. The highest BCUT2D eigenvalue weighted by Crippen LogP contribution is 2.46. The van der Waals surface area contributed by atoms with Crippen LogP contribution in [0.5, 0.6) is 0 Å². The first kappa shape index (κ1) is 17.6. The van der Waals surface area contributed by atoms with E-state index in [2.05, 4.69) is 0 Å². The lowest BCUT2D eigenvalue weighted by molar-refractivity contribution is -0.157. The smallest absolute Gasteiger partial charge is 0.321 e. The van der Waals surface area contributed by atoms with Gasteiger partial charge in [0.2, 0.25) is 0 Å². The third-order valence-corrected chi connectivity index (χ3v) is 5.34. The summed E-state index contributed by atoms with van der Waals surface area (Å²) in [4.78, 5) is 37.8. The molecule has 0 aromatic heterocycles. The molecule has 3 atom stereocenters. The molecule has 2 aliphatic rings. The molecule has 1 saturated heterocycles. The van der Waals surface area contributed by atoms with Gasteiger partial charge in [0, 0.05) is 17.4 Å². The van der Waals surface area contributed by atoms with Crippen LogP contribution in [-0.2, 0) is 25.5 Å². The Morgan fingerprint density at radius 1 is 1.32 bits per heavy atom. The average Bonchev–Trinajstić information content (AvgIpc) is 2.76. The van der Waals surface area contributed by atoms with Crippen LogP contribution in [0.1, 0.15) is 48.7 Å². The normalized spacial score (nSPS) is 27.6. The highest BCUT2D eigenvalue weighted by Gasteiger charge is 2.58. The Morgan fingerprint density at radius 3 is 2.72 bits per heavy atom. The van der Waals surface area contributed by atoms with Gasteiger partial charge in [-0.1, -0.05) is 23.8 Å². The number of hydrogen-bond donors (Lipinski definition) is 0. The fourth-order valence-electron chi connectivity index (χ4n) is 4.28. The van der Waals surface area contributed by atoms with Crippen molar-refractivity contribution >= 4 is 17.7 Å². The van der Waals surface area contributed by atoms with Crippen LogP contribution < -0.4 is 0 Å². The number of carbonyl (C=O) groups is 3. The molecule has 1 aliphatic heterocycles. The number of hydrogen-bond acceptors (Lipinski definition) is 5. The molecule has 0 saturated carbocycles. The molecule has 1 aliphatic carbocycles. The monoisotopic (exact) mass is 344 g/mol. The zero-order chi connectivity index (χ0) is 18.4. The van der Waals surface area contributed by atoms with Gasteiger partial charge in [0.05, 0.1) is 6.61 Å². The van der Waals surface area contributed by atoms with Gasteiger partial charge in [-0.15, -0.1) is 0 Å². The fraction of sp³-hybridized carbons (Fsp3) is 0.550. The first-order chi connectivity index (χ1) is 11.8. The maximum atomic E-state index is 13.1. The number of fused-ring (bicyclic) bond motifs is 1. The predicted molar refractivity (Wildman–Crippen MR) is 91.1 cm³/mol. The summed E-state index contributed by atoms with van der Waals surface area (Å²) >= 11 is 0. The second kappa shape index (κ2) is 6.28. The van der Waals surface area contributed by atoms with Crippen LogP contribution in [0.2, 0.25) is 0 Å². The average molecular weight is 344 g/mol. The van der Waals surface area contributed by atoms with E-state index in [9.17, 15) is 14.4 Å². The van der Waals surface area contributed by atoms with Crippen molar-refractivity contribution < 1.29 is 23.9 Å². The maximum Gasteiger partial charge on any atom is 0.321 e. The molecule has 0 unspecified atom stereocenters. The van der Waals surface area contributed by atoms with Crippen molar-refractivity contribution in [3.8, 4) is 0 Å². The van der Waals surface area contributed by atoms with Crippen molar-refractivity contribution in [1.29, 1.82) is 0 Å². The number of ether oxygens (including phenoxy) is 2. The number of rotatable bonds is 3. The van der Waals surface area contributed by atoms with Gasteiger partial charge in [-0.05, 0) is 46.1 Å². The second-order valence-corrected chi connectivity index (χ2v) is 7.45. The molecule has 5 heteroatoms. The Labute approximate surface area is 147 Å². The highest BCUT2D eigenvalue weighted by molar-refractivity contribution is 6.03. The van der Waals surface area contributed by atoms with Crippen molar-refractivity contribution in [2.45, 2.75) is 46.1 Å². The lowest BCUT2D eigenvalue weighted by Crippen LogP contribution is -2.43. The lowest BCUT2D eigenvalue weighted by Gasteiger charge is -2.35. The number of carbonyl (C=O) groups excluding carboxylic acids is 3. The van der Waals surface area contributed by atoms with Crippen molar-refractivity contribution in [3.63, 3.8) is 0 Å². The molecule has 1 aromatic carbocycles. The number of benzene rings is 1. The van der Waals surface area contributed by atoms with Gasteiger partial charge in [-0.25, -0.2) is 0 Å². The molecule has 0 bridgehead atoms. The van der Waals surface area contributed by atoms with E-state index in [1.54, 1.807) is 20.8 Å². The molecule has 1 fully saturated rings. The number of Topliss-reactive ketones (excluding diaryl/α,β-unsaturated/α-hetero) is 1. The summed E-state index contributed by atoms with van der Waals surface area (Å²) in [7, 11) is 0. The zero-order valence-corrected chi connectivity index (χ0v) is 15.1. The summed E-state index contributed by atoms with van der Waals surface area (Å²) < 4.78 is 10.5. The van der Waals surface area contributed by atoms with Gasteiger partial charge in [-0.2, -0.15) is 0 Å². The van der Waals surface area contributed by atoms with Gasteiger partial charge in [-0.3, -0.25) is 14.4 Å². The summed E-state index contributed by atoms with van der Waals surface area (Å²) in [6.07, 6.45) is 1.36. The minimum absolute atomic E-state index is 0.00748. The Morgan fingerprint density at radius 2 is 2.04 bits per heavy atom. The summed E-state index contributed by atoms with van der Waals surface area (Å²) in [5.74, 6) is -3.16. The number of ketones is 1. The fourth-order valence-corrected chi connectivity index (χ4v) is 4.28. The van der Waals surface area contributed by atoms with Gasteiger partial charge in [0.25, 0.3) is 0 Å². The predicted octanol–water partition coefficient (Wildman–Crippen LogP) is 2.87. The van der Waals surface area contributed by atoms with Gasteiger partial charge in [0.15, 0.2) is 11.7 Å². The molecule has 1 aromatic rings. The molecular formula is C20H24O5. The van der Waals surface area contributed by atoms with Crippen LogP contribution in [0, 0.1) is 24.7 Å². The molecule has 3 rings (SSSR count). The summed E-state index contributed by atoms with van der Waals surface area (Å²) in [6.45, 7) is 7.43. The minimum atomic E-state index is -1.03. The van der Waals surface area contributed by atoms with E-state index in [-0.39, 0.29) is 12.4 Å². The SMILES string of the molecule is CCOC(=O)[C@@H]1C(=O)OC(C)(C)[C@@H]1[C@@H]1CCc2cc(C)ccc2C1=O. The first-order valence-corrected chi connectivity index (χ1v) is 8.79. The van der Waals surface area contributed by atoms with Crippen molar-refractivity contribution in [2.75, 3.05) is 6.61 Å². The van der Waals surface area contributed by atoms with Crippen LogP contribution >= 0.6 is 0 Å². The quantitative estimate of drug-likeness (QED) is 0.623. The summed E-state index contributed by atoms with van der Waals surface area (Å²) in [6, 6.07) is 5.81. The van der Waals surface area contributed by atoms with E-state index < -0.39 is 35.3 Å². The topological polar surface area (TPSA) is 69.7 Å². The molecular weight excluding hydrogens is 320 g/mol. The molecule has 25 heavy (non-hydrogen) atoms. The van der Waals surface area contributed by atoms with Gasteiger partial charge in [0.1, 0.15) is 5.60 Å². The number of cyclic esters (lactones) is 1. The molecule has 134 valence electrons. The Bertz CT molecular complexity index is 734. The third-order valence-electron chi connectivity index (χ3n) is 5.34. The molecule has 0 N–H and O–H groups in total. The van der Waals surface area contributed by atoms with Crippen molar-refractivity contribution in [2.24, 2.45) is 17.8 Å². The van der Waals surface area contributed by atoms with Crippen LogP contribution in [0.25, 0.3) is 0 Å². The molecule has 5 nitrogen and oxygen atoms in total. The largest absolute Gasteiger partial charge is 0.465 e. The second-order valence-electron chi connectivity index (χ2n) is 7.45. The Hall–Kier alpha value is -2.17. The Kier molecular flexibility index (Phi) is 4.43. The van der Waals surface area contributed by atoms with Gasteiger partial charge >= 0.3 is 11.9 Å². The zero-order valence-electron chi connectivity index (χ0n) is 15.1. The molecule has 1 heterocycles. The highest BCUT2D eigenvalue weighted by atomic mass is 16.6. The van der Waals surface area contributed by atoms with Crippen LogP contribution in [0.4, 0.5) is 0 Å². The van der Waals surface area contributed by atoms with Gasteiger partial charge < -0.3 is 9.47 Å². The number of aryl methyl sites for hydroxylation is 2. The van der Waals surface area contributed by atoms with E-state index in [1.807, 2.05) is 25.1 Å². The minimum Gasteiger partial charge on any atom is -0.465 e. The van der Waals surface area contributed by atoms with E-state index in [0.717, 1.165) is 17.5 Å². The third kappa shape index (κ3) is 2.96. The first-order valence-electron chi connectivity index (χ1n) is 8.79. The van der Waals surface area contributed by atoms with Crippen molar-refractivity contribution in [3.05, 3.63) is 34.9 Å². The van der Waals surface area contributed by atoms with E-state index in [4.69, 9.17) is 9.47 Å². The molecule has 0 radical (unpaired) electrons. The lowest BCUT2D eigenvalue weighted by atomic mass is 9.67. The van der Waals surface area contributed by atoms with Crippen molar-refractivity contribution in [1.82, 2.24) is 0 Å². The van der Waals surface area contributed by atoms with E-state index in [0.29, 0.717) is 12.0 Å². The summed E-state index contributed by atoms with van der Waals surface area (Å²) in [5, 5.41) is 0. The van der Waals surface area contributed by atoms with Crippen LogP contribution in [0.3, 0.4) is 0 Å².